The van der Waals surface area contributed by atoms with Crippen LogP contribution >= 0.6 is 15.9 Å². The predicted molar refractivity (Wildman–Crippen MR) is 81.4 cm³/mol. The number of likely N-dealkylation sites (N-methyl/N-ethyl adjacent to an activating group) is 1. The van der Waals surface area contributed by atoms with Gasteiger partial charge in [-0.05, 0) is 45.3 Å². The summed E-state index contributed by atoms with van der Waals surface area (Å²) in [6.07, 6.45) is 0. The number of rotatable bonds is 3. The number of carbonyl (C=O) groups is 1. The van der Waals surface area contributed by atoms with Crippen molar-refractivity contribution in [1.82, 2.24) is 10.2 Å². The lowest BCUT2D eigenvalue weighted by Gasteiger charge is -2.39. The third-order valence-electron chi connectivity index (χ3n) is 3.29. The molecule has 1 N–H and O–H groups in total. The van der Waals surface area contributed by atoms with Gasteiger partial charge in [0.2, 0.25) is 5.91 Å². The van der Waals surface area contributed by atoms with Crippen LogP contribution in [-0.2, 0) is 4.79 Å². The molecule has 2 atom stereocenters. The Hall–Kier alpha value is -0.910. The van der Waals surface area contributed by atoms with Gasteiger partial charge in [0.1, 0.15) is 6.04 Å². The third-order valence-corrected chi connectivity index (χ3v) is 3.82. The molecule has 19 heavy (non-hydrogen) atoms. The molecule has 1 aromatic rings. The fraction of sp³-hybridized carbons (Fsp3) is 0.500. The van der Waals surface area contributed by atoms with Crippen LogP contribution in [0.4, 0.5) is 5.69 Å². The minimum Gasteiger partial charge on any atom is -0.307 e. The average Bonchev–Trinajstić information content (AvgIpc) is 2.35. The Morgan fingerprint density at radius 1 is 1.37 bits per heavy atom. The molecule has 0 aliphatic carbocycles. The van der Waals surface area contributed by atoms with E-state index in [9.17, 15) is 4.79 Å². The Bertz CT molecular complexity index is 447. The van der Waals surface area contributed by atoms with Gasteiger partial charge in [0, 0.05) is 29.3 Å². The van der Waals surface area contributed by atoms with Crippen molar-refractivity contribution < 1.29 is 4.79 Å². The molecule has 2 unspecified atom stereocenters. The third kappa shape index (κ3) is 3.35. The van der Waals surface area contributed by atoms with E-state index in [1.807, 2.05) is 48.2 Å². The molecule has 2 rings (SSSR count). The zero-order valence-corrected chi connectivity index (χ0v) is 13.1. The first-order valence-electron chi connectivity index (χ1n) is 6.46. The first kappa shape index (κ1) is 14.5. The van der Waals surface area contributed by atoms with E-state index >= 15 is 0 Å². The number of hydrogen-bond acceptors (Lipinski definition) is 3. The van der Waals surface area contributed by atoms with E-state index in [4.69, 9.17) is 0 Å². The summed E-state index contributed by atoms with van der Waals surface area (Å²) in [4.78, 5) is 16.5. The van der Waals surface area contributed by atoms with Gasteiger partial charge in [-0.25, -0.2) is 0 Å². The van der Waals surface area contributed by atoms with Crippen molar-refractivity contribution in [3.63, 3.8) is 0 Å². The van der Waals surface area contributed by atoms with Crippen molar-refractivity contribution in [3.8, 4) is 0 Å². The summed E-state index contributed by atoms with van der Waals surface area (Å²) >= 11 is 3.42. The van der Waals surface area contributed by atoms with E-state index in [1.54, 1.807) is 0 Å². The van der Waals surface area contributed by atoms with Gasteiger partial charge in [0.05, 0.1) is 0 Å². The van der Waals surface area contributed by atoms with Crippen molar-refractivity contribution in [1.29, 1.82) is 0 Å². The van der Waals surface area contributed by atoms with E-state index in [1.165, 1.54) is 0 Å². The van der Waals surface area contributed by atoms with Crippen molar-refractivity contribution in [2.75, 3.05) is 32.1 Å². The Labute approximate surface area is 122 Å². The minimum atomic E-state index is -0.130. The molecule has 5 heteroatoms. The van der Waals surface area contributed by atoms with Gasteiger partial charge in [0.25, 0.3) is 0 Å². The van der Waals surface area contributed by atoms with Crippen LogP contribution in [0.5, 0.6) is 0 Å². The fourth-order valence-electron chi connectivity index (χ4n) is 2.37. The van der Waals surface area contributed by atoms with Gasteiger partial charge in [-0.2, -0.15) is 0 Å². The quantitative estimate of drug-likeness (QED) is 0.918. The highest BCUT2D eigenvalue weighted by molar-refractivity contribution is 9.10. The van der Waals surface area contributed by atoms with E-state index in [2.05, 4.69) is 28.2 Å². The molecule has 1 aromatic carbocycles. The van der Waals surface area contributed by atoms with Crippen LogP contribution in [0.3, 0.4) is 0 Å². The topological polar surface area (TPSA) is 35.6 Å². The molecule has 0 saturated carbocycles. The van der Waals surface area contributed by atoms with Crippen molar-refractivity contribution in [2.45, 2.75) is 19.0 Å². The largest absolute Gasteiger partial charge is 0.307 e. The molecule has 0 spiro atoms. The molecule has 1 amide bonds. The second kappa shape index (κ2) is 6.03. The highest BCUT2D eigenvalue weighted by Crippen LogP contribution is 2.23. The van der Waals surface area contributed by atoms with Crippen LogP contribution in [0.2, 0.25) is 0 Å². The molecule has 0 bridgehead atoms. The summed E-state index contributed by atoms with van der Waals surface area (Å²) in [5, 5.41) is 3.32. The Balaban J connectivity index is 2.21. The van der Waals surface area contributed by atoms with Crippen LogP contribution in [-0.4, -0.2) is 50.1 Å². The number of amides is 1. The van der Waals surface area contributed by atoms with E-state index in [0.717, 1.165) is 23.2 Å². The molecule has 104 valence electrons. The SMILES string of the molecule is CC1CNC(CN(C)C)C(=O)N1c1ccc(Br)cc1. The number of hydrogen-bond donors (Lipinski definition) is 1. The monoisotopic (exact) mass is 325 g/mol. The molecule has 1 heterocycles. The smallest absolute Gasteiger partial charge is 0.245 e. The van der Waals surface area contributed by atoms with Crippen LogP contribution in [0, 0.1) is 0 Å². The fourth-order valence-corrected chi connectivity index (χ4v) is 2.63. The first-order chi connectivity index (χ1) is 8.99. The maximum absolute atomic E-state index is 12.6. The number of piperazine rings is 1. The van der Waals surface area contributed by atoms with Gasteiger partial charge >= 0.3 is 0 Å². The Morgan fingerprint density at radius 3 is 2.58 bits per heavy atom. The van der Waals surface area contributed by atoms with Crippen LogP contribution in [0.25, 0.3) is 0 Å². The Morgan fingerprint density at radius 2 is 2.00 bits per heavy atom. The molecular weight excluding hydrogens is 306 g/mol. The number of benzene rings is 1. The van der Waals surface area contributed by atoms with Crippen LogP contribution < -0.4 is 10.2 Å². The van der Waals surface area contributed by atoms with E-state index in [0.29, 0.717) is 0 Å². The lowest BCUT2D eigenvalue weighted by Crippen LogP contribution is -2.62. The maximum atomic E-state index is 12.6. The summed E-state index contributed by atoms with van der Waals surface area (Å²) in [6, 6.07) is 7.95. The summed E-state index contributed by atoms with van der Waals surface area (Å²) < 4.78 is 1.02. The minimum absolute atomic E-state index is 0.130. The van der Waals surface area contributed by atoms with Gasteiger partial charge in [-0.15, -0.1) is 0 Å². The molecule has 0 radical (unpaired) electrons. The summed E-state index contributed by atoms with van der Waals surface area (Å²) in [6.45, 7) is 3.61. The van der Waals surface area contributed by atoms with Crippen LogP contribution in [0.1, 0.15) is 6.92 Å². The number of anilines is 1. The van der Waals surface area contributed by atoms with Crippen molar-refractivity contribution in [3.05, 3.63) is 28.7 Å². The molecule has 4 nitrogen and oxygen atoms in total. The normalized spacial score (nSPS) is 24.1. The lowest BCUT2D eigenvalue weighted by atomic mass is 10.1. The van der Waals surface area contributed by atoms with E-state index in [-0.39, 0.29) is 18.0 Å². The average molecular weight is 326 g/mol. The number of carbonyl (C=O) groups excluding carboxylic acids is 1. The molecule has 1 aliphatic rings. The zero-order valence-electron chi connectivity index (χ0n) is 11.6. The standard InChI is InChI=1S/C14H20BrN3O/c1-10-8-16-13(9-17(2)3)14(19)18(10)12-6-4-11(15)5-7-12/h4-7,10,13,16H,8-9H2,1-3H3. The maximum Gasteiger partial charge on any atom is 0.245 e. The number of nitrogens with one attached hydrogen (secondary N) is 1. The molecule has 1 aliphatic heterocycles. The highest BCUT2D eigenvalue weighted by atomic mass is 79.9. The van der Waals surface area contributed by atoms with Crippen molar-refractivity contribution in [2.24, 2.45) is 0 Å². The summed E-state index contributed by atoms with van der Waals surface area (Å²) in [7, 11) is 3.97. The van der Waals surface area contributed by atoms with Gasteiger partial charge in [-0.3, -0.25) is 4.79 Å². The van der Waals surface area contributed by atoms with Crippen molar-refractivity contribution >= 4 is 27.5 Å². The number of halogens is 1. The molecule has 1 saturated heterocycles. The van der Waals surface area contributed by atoms with Gasteiger partial charge < -0.3 is 15.1 Å². The summed E-state index contributed by atoms with van der Waals surface area (Å²) in [5.41, 5.74) is 0.964. The second-order valence-electron chi connectivity index (χ2n) is 5.26. The second-order valence-corrected chi connectivity index (χ2v) is 6.17. The molecule has 0 aromatic heterocycles. The van der Waals surface area contributed by atoms with Gasteiger partial charge in [-0.1, -0.05) is 15.9 Å². The summed E-state index contributed by atoms with van der Waals surface area (Å²) in [5.74, 6) is 0.148. The van der Waals surface area contributed by atoms with E-state index < -0.39 is 0 Å². The Kier molecular flexibility index (Phi) is 4.60. The highest BCUT2D eigenvalue weighted by Gasteiger charge is 2.33. The predicted octanol–water partition coefficient (Wildman–Crippen LogP) is 1.70. The van der Waals surface area contributed by atoms with Crippen LogP contribution in [0.15, 0.2) is 28.7 Å². The molecular formula is C14H20BrN3O. The number of nitrogens with zero attached hydrogens (tertiary/aromatic N) is 2. The van der Waals surface area contributed by atoms with Gasteiger partial charge in [0.15, 0.2) is 0 Å². The lowest BCUT2D eigenvalue weighted by molar-refractivity contribution is -0.122. The zero-order chi connectivity index (χ0) is 14.0. The first-order valence-corrected chi connectivity index (χ1v) is 7.25. The molecule has 1 fully saturated rings.